The molecule has 0 atom stereocenters. The molecule has 4 rings (SSSR count). The van der Waals surface area contributed by atoms with E-state index in [0.717, 1.165) is 48.2 Å². The zero-order valence-corrected chi connectivity index (χ0v) is 20.6. The summed E-state index contributed by atoms with van der Waals surface area (Å²) >= 11 is 0. The molecule has 186 valence electrons. The number of rotatable bonds is 12. The molecule has 1 heterocycles. The van der Waals surface area contributed by atoms with Crippen LogP contribution in [-0.2, 0) is 22.6 Å². The summed E-state index contributed by atoms with van der Waals surface area (Å²) in [5.74, 6) is 1.48. The quantitative estimate of drug-likeness (QED) is 0.298. The third kappa shape index (κ3) is 6.72. The fourth-order valence-electron chi connectivity index (χ4n) is 4.06. The first kappa shape index (κ1) is 25.0. The largest absolute Gasteiger partial charge is 0.484 e. The Kier molecular flexibility index (Phi) is 8.70. The van der Waals surface area contributed by atoms with Crippen LogP contribution in [0.4, 0.5) is 5.69 Å². The highest BCUT2D eigenvalue weighted by atomic mass is 16.5. The van der Waals surface area contributed by atoms with Gasteiger partial charge in [0.2, 0.25) is 5.91 Å². The number of imidazole rings is 1. The van der Waals surface area contributed by atoms with Gasteiger partial charge in [-0.25, -0.2) is 4.98 Å². The summed E-state index contributed by atoms with van der Waals surface area (Å²) in [4.78, 5) is 31.5. The number of nitrogens with zero attached hydrogens (tertiary/aromatic N) is 3. The molecule has 0 aliphatic heterocycles. The number of ether oxygens (including phenoxy) is 1. The molecule has 0 radical (unpaired) electrons. The highest BCUT2D eigenvalue weighted by molar-refractivity contribution is 5.93. The lowest BCUT2D eigenvalue weighted by atomic mass is 10.2. The number of amides is 2. The molecule has 4 aromatic rings. The number of unbranched alkanes of at least 4 members (excludes halogenated alkanes) is 2. The van der Waals surface area contributed by atoms with E-state index in [2.05, 4.69) is 5.32 Å². The number of hydrogen-bond acceptors (Lipinski definition) is 4. The molecule has 36 heavy (non-hydrogen) atoms. The predicted molar refractivity (Wildman–Crippen MR) is 142 cm³/mol. The normalized spacial score (nSPS) is 10.8. The van der Waals surface area contributed by atoms with E-state index in [1.54, 1.807) is 11.9 Å². The van der Waals surface area contributed by atoms with Gasteiger partial charge >= 0.3 is 0 Å². The summed E-state index contributed by atoms with van der Waals surface area (Å²) in [6.45, 7) is 0.853. The molecule has 2 amide bonds. The second-order valence-corrected chi connectivity index (χ2v) is 8.65. The topological polar surface area (TPSA) is 76.5 Å². The molecular weight excluding hydrogens is 452 g/mol. The molecule has 0 aliphatic carbocycles. The number of para-hydroxylation sites is 4. The van der Waals surface area contributed by atoms with E-state index in [9.17, 15) is 9.59 Å². The molecule has 7 nitrogen and oxygen atoms in total. The van der Waals surface area contributed by atoms with Crippen molar-refractivity contribution in [1.82, 2.24) is 14.9 Å². The van der Waals surface area contributed by atoms with Gasteiger partial charge in [-0.2, -0.15) is 0 Å². The minimum atomic E-state index is -0.123. The number of nitrogens with one attached hydrogen (secondary N) is 1. The number of hydrogen-bond donors (Lipinski definition) is 1. The summed E-state index contributed by atoms with van der Waals surface area (Å²) in [6.07, 6.45) is 3.50. The highest BCUT2D eigenvalue weighted by Crippen LogP contribution is 2.19. The van der Waals surface area contributed by atoms with E-state index in [0.29, 0.717) is 12.3 Å². The van der Waals surface area contributed by atoms with Crippen molar-refractivity contribution in [2.75, 3.05) is 25.1 Å². The van der Waals surface area contributed by atoms with E-state index in [1.807, 2.05) is 89.5 Å². The molecule has 7 heteroatoms. The van der Waals surface area contributed by atoms with Gasteiger partial charge in [-0.3, -0.25) is 9.59 Å². The highest BCUT2D eigenvalue weighted by Gasteiger charge is 2.17. The van der Waals surface area contributed by atoms with Crippen molar-refractivity contribution in [3.05, 3.63) is 90.8 Å². The Balaban J connectivity index is 1.26. The van der Waals surface area contributed by atoms with Gasteiger partial charge in [0, 0.05) is 25.7 Å². The number of carbonyl (C=O) groups excluding carboxylic acids is 2. The number of benzene rings is 3. The summed E-state index contributed by atoms with van der Waals surface area (Å²) in [5, 5.41) is 2.90. The zero-order valence-electron chi connectivity index (χ0n) is 20.6. The number of fused-ring (bicyclic) bond motifs is 1. The molecular formula is C29H32N4O3. The van der Waals surface area contributed by atoms with Crippen LogP contribution in [-0.4, -0.2) is 41.6 Å². The van der Waals surface area contributed by atoms with Crippen molar-refractivity contribution in [3.63, 3.8) is 0 Å². The van der Waals surface area contributed by atoms with Crippen molar-refractivity contribution < 1.29 is 14.3 Å². The van der Waals surface area contributed by atoms with Crippen LogP contribution < -0.4 is 15.0 Å². The van der Waals surface area contributed by atoms with E-state index in [-0.39, 0.29) is 25.0 Å². The molecule has 0 saturated heterocycles. The van der Waals surface area contributed by atoms with Gasteiger partial charge < -0.3 is 19.5 Å². The standard InChI is InChI=1S/C29H32N4O3/c1-32(23-13-5-2-6-14-23)29(35)21-33-26-18-11-10-17-25(26)31-27(33)19-9-4-12-20-30-28(34)22-36-24-15-7-3-8-16-24/h2-3,5-8,10-11,13-18H,4,9,12,19-22H2,1H3,(H,30,34). The Hall–Kier alpha value is -4.13. The van der Waals surface area contributed by atoms with Crippen LogP contribution in [0, 0.1) is 0 Å². The number of aryl methyl sites for hydroxylation is 1. The Morgan fingerprint density at radius 1 is 0.889 bits per heavy atom. The van der Waals surface area contributed by atoms with Crippen LogP contribution in [0.5, 0.6) is 5.75 Å². The first-order valence-corrected chi connectivity index (χ1v) is 12.3. The van der Waals surface area contributed by atoms with Gasteiger partial charge in [-0.15, -0.1) is 0 Å². The first-order valence-electron chi connectivity index (χ1n) is 12.3. The number of carbonyl (C=O) groups is 2. The van der Waals surface area contributed by atoms with Crippen LogP contribution in [0.3, 0.4) is 0 Å². The maximum atomic E-state index is 13.1. The Morgan fingerprint density at radius 3 is 2.36 bits per heavy atom. The summed E-state index contributed by atoms with van der Waals surface area (Å²) in [5.41, 5.74) is 2.73. The summed E-state index contributed by atoms with van der Waals surface area (Å²) in [6, 6.07) is 26.9. The zero-order chi connectivity index (χ0) is 25.2. The molecule has 0 aliphatic rings. The molecule has 0 unspecified atom stereocenters. The van der Waals surface area contributed by atoms with Crippen LogP contribution in [0.15, 0.2) is 84.9 Å². The lowest BCUT2D eigenvalue weighted by Gasteiger charge is -2.18. The fourth-order valence-corrected chi connectivity index (χ4v) is 4.06. The van der Waals surface area contributed by atoms with Gasteiger partial charge in [0.15, 0.2) is 6.61 Å². The van der Waals surface area contributed by atoms with Gasteiger partial charge in [0.25, 0.3) is 5.91 Å². The average Bonchev–Trinajstić information content (AvgIpc) is 3.27. The van der Waals surface area contributed by atoms with Crippen LogP contribution >= 0.6 is 0 Å². The third-order valence-corrected chi connectivity index (χ3v) is 6.06. The summed E-state index contributed by atoms with van der Waals surface area (Å²) in [7, 11) is 1.80. The smallest absolute Gasteiger partial charge is 0.257 e. The van der Waals surface area contributed by atoms with Gasteiger partial charge in [-0.1, -0.05) is 55.0 Å². The molecule has 0 bridgehead atoms. The Labute approximate surface area is 211 Å². The maximum absolute atomic E-state index is 13.1. The lowest BCUT2D eigenvalue weighted by molar-refractivity contribution is -0.123. The predicted octanol–water partition coefficient (Wildman–Crippen LogP) is 4.61. The summed E-state index contributed by atoms with van der Waals surface area (Å²) < 4.78 is 7.50. The van der Waals surface area contributed by atoms with Gasteiger partial charge in [0.1, 0.15) is 18.1 Å². The SMILES string of the molecule is CN(C(=O)Cn1c(CCCCCNC(=O)COc2ccccc2)nc2ccccc21)c1ccccc1. The molecule has 0 saturated carbocycles. The molecule has 0 spiro atoms. The van der Waals surface area contributed by atoms with E-state index >= 15 is 0 Å². The fraction of sp³-hybridized carbons (Fsp3) is 0.276. The van der Waals surface area contributed by atoms with Crippen molar-refractivity contribution in [2.45, 2.75) is 32.2 Å². The average molecular weight is 485 g/mol. The minimum absolute atomic E-state index is 0.00559. The number of likely N-dealkylation sites (N-methyl/N-ethyl adjacent to an activating group) is 1. The van der Waals surface area contributed by atoms with Crippen molar-refractivity contribution >= 4 is 28.5 Å². The van der Waals surface area contributed by atoms with Gasteiger partial charge in [0.05, 0.1) is 11.0 Å². The first-order chi connectivity index (χ1) is 17.6. The van der Waals surface area contributed by atoms with Crippen molar-refractivity contribution in [3.8, 4) is 5.75 Å². The van der Waals surface area contributed by atoms with E-state index in [4.69, 9.17) is 9.72 Å². The Bertz CT molecular complexity index is 1270. The molecule has 1 N–H and O–H groups in total. The van der Waals surface area contributed by atoms with Gasteiger partial charge in [-0.05, 0) is 49.2 Å². The van der Waals surface area contributed by atoms with Crippen molar-refractivity contribution in [2.24, 2.45) is 0 Å². The van der Waals surface area contributed by atoms with E-state index in [1.165, 1.54) is 0 Å². The van der Waals surface area contributed by atoms with Crippen LogP contribution in [0.25, 0.3) is 11.0 Å². The van der Waals surface area contributed by atoms with E-state index < -0.39 is 0 Å². The van der Waals surface area contributed by atoms with Crippen LogP contribution in [0.2, 0.25) is 0 Å². The monoisotopic (exact) mass is 484 g/mol. The van der Waals surface area contributed by atoms with Crippen LogP contribution in [0.1, 0.15) is 25.1 Å². The minimum Gasteiger partial charge on any atom is -0.484 e. The lowest BCUT2D eigenvalue weighted by Crippen LogP contribution is -2.30. The second kappa shape index (κ2) is 12.5. The number of anilines is 1. The molecule has 0 fully saturated rings. The van der Waals surface area contributed by atoms with Crippen molar-refractivity contribution in [1.29, 1.82) is 0 Å². The molecule has 3 aromatic carbocycles. The number of aromatic nitrogens is 2. The maximum Gasteiger partial charge on any atom is 0.257 e. The molecule has 1 aromatic heterocycles. The Morgan fingerprint density at radius 2 is 1.58 bits per heavy atom. The third-order valence-electron chi connectivity index (χ3n) is 6.06. The second-order valence-electron chi connectivity index (χ2n) is 8.65.